The maximum Gasteiger partial charge on any atom is 0.0511 e. The van der Waals surface area contributed by atoms with Gasteiger partial charge in [-0.25, -0.2) is 0 Å². The molecular formula is C14H22BrN3. The van der Waals surface area contributed by atoms with Gasteiger partial charge in [-0.1, -0.05) is 19.1 Å². The molecule has 1 aliphatic rings. The van der Waals surface area contributed by atoms with Crippen molar-refractivity contribution < 1.29 is 0 Å². The van der Waals surface area contributed by atoms with Gasteiger partial charge < -0.3 is 15.5 Å². The fraction of sp³-hybridized carbons (Fsp3) is 0.571. The van der Waals surface area contributed by atoms with Crippen LogP contribution < -0.4 is 10.6 Å². The highest BCUT2D eigenvalue weighted by atomic mass is 79.9. The molecule has 1 aromatic rings. The van der Waals surface area contributed by atoms with Crippen LogP contribution in [0.25, 0.3) is 0 Å². The van der Waals surface area contributed by atoms with Crippen molar-refractivity contribution in [3.8, 4) is 0 Å². The summed E-state index contributed by atoms with van der Waals surface area (Å²) in [6, 6.07) is 8.86. The molecule has 2 rings (SSSR count). The van der Waals surface area contributed by atoms with Crippen molar-refractivity contribution in [2.24, 2.45) is 11.7 Å². The van der Waals surface area contributed by atoms with Gasteiger partial charge in [0.2, 0.25) is 0 Å². The molecule has 1 saturated heterocycles. The lowest BCUT2D eigenvalue weighted by molar-refractivity contribution is 0.244. The quantitative estimate of drug-likeness (QED) is 0.908. The number of halogens is 1. The van der Waals surface area contributed by atoms with Crippen LogP contribution in [0.1, 0.15) is 6.92 Å². The summed E-state index contributed by atoms with van der Waals surface area (Å²) in [6.07, 6.45) is 0. The van der Waals surface area contributed by atoms with Crippen LogP contribution in [0.4, 0.5) is 5.69 Å². The molecule has 2 unspecified atom stereocenters. The van der Waals surface area contributed by atoms with E-state index in [1.165, 1.54) is 5.69 Å². The summed E-state index contributed by atoms with van der Waals surface area (Å²) in [5, 5.41) is 0. The minimum atomic E-state index is 0.432. The van der Waals surface area contributed by atoms with Gasteiger partial charge in [0.15, 0.2) is 0 Å². The first-order valence-electron chi connectivity index (χ1n) is 6.51. The van der Waals surface area contributed by atoms with Crippen molar-refractivity contribution in [3.05, 3.63) is 28.7 Å². The van der Waals surface area contributed by atoms with E-state index >= 15 is 0 Å². The van der Waals surface area contributed by atoms with Gasteiger partial charge in [0.1, 0.15) is 0 Å². The monoisotopic (exact) mass is 311 g/mol. The van der Waals surface area contributed by atoms with E-state index < -0.39 is 0 Å². The van der Waals surface area contributed by atoms with Gasteiger partial charge >= 0.3 is 0 Å². The summed E-state index contributed by atoms with van der Waals surface area (Å²) in [7, 11) is 2.18. The smallest absolute Gasteiger partial charge is 0.0511 e. The number of para-hydroxylation sites is 1. The first kappa shape index (κ1) is 13.8. The fourth-order valence-corrected chi connectivity index (χ4v) is 3.24. The van der Waals surface area contributed by atoms with Crippen LogP contribution in [-0.2, 0) is 0 Å². The Kier molecular flexibility index (Phi) is 4.65. The van der Waals surface area contributed by atoms with Gasteiger partial charge in [-0.3, -0.25) is 0 Å². The average Bonchev–Trinajstić information content (AvgIpc) is 2.48. The second-order valence-electron chi connectivity index (χ2n) is 5.29. The zero-order valence-corrected chi connectivity index (χ0v) is 12.7. The lowest BCUT2D eigenvalue weighted by Gasteiger charge is -2.29. The van der Waals surface area contributed by atoms with Gasteiger partial charge in [-0.2, -0.15) is 0 Å². The van der Waals surface area contributed by atoms with Crippen molar-refractivity contribution in [2.75, 3.05) is 38.1 Å². The second-order valence-corrected chi connectivity index (χ2v) is 6.15. The van der Waals surface area contributed by atoms with Crippen LogP contribution in [-0.4, -0.2) is 44.2 Å². The van der Waals surface area contributed by atoms with Gasteiger partial charge in [0.25, 0.3) is 0 Å². The Balaban J connectivity index is 2.24. The third-order valence-corrected chi connectivity index (χ3v) is 4.32. The molecule has 1 fully saturated rings. The van der Waals surface area contributed by atoms with Crippen molar-refractivity contribution in [2.45, 2.75) is 13.0 Å². The molecule has 0 radical (unpaired) electrons. The topological polar surface area (TPSA) is 32.5 Å². The predicted octanol–water partition coefficient (Wildman–Crippen LogP) is 2.16. The molecule has 1 aliphatic heterocycles. The van der Waals surface area contributed by atoms with Crippen LogP contribution in [0.15, 0.2) is 28.7 Å². The predicted molar refractivity (Wildman–Crippen MR) is 81.0 cm³/mol. The molecular weight excluding hydrogens is 290 g/mol. The third kappa shape index (κ3) is 3.05. The maximum absolute atomic E-state index is 5.91. The Hall–Kier alpha value is -0.580. The van der Waals surface area contributed by atoms with E-state index in [0.29, 0.717) is 18.5 Å². The SMILES string of the molecule is CC1CN(c2ccccc2Br)CC(CN)N(C)C1. The number of nitrogens with two attached hydrogens (primary N) is 1. The number of likely N-dealkylation sites (N-methyl/N-ethyl adjacent to an activating group) is 1. The number of hydrogen-bond acceptors (Lipinski definition) is 3. The molecule has 0 saturated carbocycles. The highest BCUT2D eigenvalue weighted by molar-refractivity contribution is 9.10. The van der Waals surface area contributed by atoms with Crippen LogP contribution >= 0.6 is 15.9 Å². The molecule has 2 N–H and O–H groups in total. The van der Waals surface area contributed by atoms with Crippen molar-refractivity contribution in [1.82, 2.24) is 4.90 Å². The van der Waals surface area contributed by atoms with E-state index in [0.717, 1.165) is 24.1 Å². The van der Waals surface area contributed by atoms with E-state index in [1.54, 1.807) is 0 Å². The van der Waals surface area contributed by atoms with Gasteiger partial charge in [-0.05, 0) is 41.0 Å². The summed E-state index contributed by atoms with van der Waals surface area (Å²) in [5.74, 6) is 0.652. The summed E-state index contributed by atoms with van der Waals surface area (Å²) in [6.45, 7) is 6.22. The maximum atomic E-state index is 5.91. The van der Waals surface area contributed by atoms with Gasteiger partial charge in [0, 0.05) is 36.7 Å². The number of benzene rings is 1. The van der Waals surface area contributed by atoms with E-state index in [1.807, 2.05) is 0 Å². The molecule has 0 bridgehead atoms. The summed E-state index contributed by atoms with van der Waals surface area (Å²) >= 11 is 3.65. The van der Waals surface area contributed by atoms with E-state index in [9.17, 15) is 0 Å². The molecule has 2 atom stereocenters. The fourth-order valence-electron chi connectivity index (χ4n) is 2.70. The zero-order chi connectivity index (χ0) is 13.1. The van der Waals surface area contributed by atoms with Gasteiger partial charge in [0.05, 0.1) is 5.69 Å². The Morgan fingerprint density at radius 1 is 1.28 bits per heavy atom. The molecule has 0 spiro atoms. The molecule has 18 heavy (non-hydrogen) atoms. The number of nitrogens with zero attached hydrogens (tertiary/aromatic N) is 2. The standard InChI is InChI=1S/C14H22BrN3/c1-11-8-17(2)12(7-16)10-18(9-11)14-6-4-3-5-13(14)15/h3-6,11-12H,7-10,16H2,1-2H3. The van der Waals surface area contributed by atoms with E-state index in [4.69, 9.17) is 5.73 Å². The lowest BCUT2D eigenvalue weighted by Crippen LogP contribution is -2.44. The Morgan fingerprint density at radius 3 is 2.67 bits per heavy atom. The molecule has 0 aromatic heterocycles. The Morgan fingerprint density at radius 2 is 2.00 bits per heavy atom. The third-order valence-electron chi connectivity index (χ3n) is 3.65. The summed E-state index contributed by atoms with van der Waals surface area (Å²) in [4.78, 5) is 4.84. The molecule has 0 amide bonds. The van der Waals surface area contributed by atoms with Crippen molar-refractivity contribution >= 4 is 21.6 Å². The van der Waals surface area contributed by atoms with Crippen molar-refractivity contribution in [1.29, 1.82) is 0 Å². The Labute approximate surface area is 118 Å². The number of rotatable bonds is 2. The van der Waals surface area contributed by atoms with E-state index in [-0.39, 0.29) is 0 Å². The molecule has 4 heteroatoms. The van der Waals surface area contributed by atoms with Crippen LogP contribution in [0.3, 0.4) is 0 Å². The summed E-state index contributed by atoms with van der Waals surface area (Å²) < 4.78 is 1.16. The first-order chi connectivity index (χ1) is 8.61. The normalized spacial score (nSPS) is 26.1. The molecule has 1 heterocycles. The lowest BCUT2D eigenvalue weighted by atomic mass is 10.1. The molecule has 1 aromatic carbocycles. The minimum absolute atomic E-state index is 0.432. The molecule has 100 valence electrons. The van der Waals surface area contributed by atoms with E-state index in [2.05, 4.69) is 64.0 Å². The van der Waals surface area contributed by atoms with Crippen LogP contribution in [0.5, 0.6) is 0 Å². The largest absolute Gasteiger partial charge is 0.369 e. The second kappa shape index (κ2) is 6.04. The number of hydrogen-bond donors (Lipinski definition) is 1. The van der Waals surface area contributed by atoms with Crippen LogP contribution in [0, 0.1) is 5.92 Å². The highest BCUT2D eigenvalue weighted by Gasteiger charge is 2.25. The average molecular weight is 312 g/mol. The Bertz CT molecular complexity index is 396. The van der Waals surface area contributed by atoms with Crippen molar-refractivity contribution in [3.63, 3.8) is 0 Å². The molecule has 0 aliphatic carbocycles. The number of anilines is 1. The first-order valence-corrected chi connectivity index (χ1v) is 7.31. The molecule has 3 nitrogen and oxygen atoms in total. The van der Waals surface area contributed by atoms with Gasteiger partial charge in [-0.15, -0.1) is 0 Å². The zero-order valence-electron chi connectivity index (χ0n) is 11.1. The minimum Gasteiger partial charge on any atom is -0.369 e. The highest BCUT2D eigenvalue weighted by Crippen LogP contribution is 2.28. The summed E-state index contributed by atoms with van der Waals surface area (Å²) in [5.41, 5.74) is 7.18. The van der Waals surface area contributed by atoms with Crippen LogP contribution in [0.2, 0.25) is 0 Å².